The van der Waals surface area contributed by atoms with Gasteiger partial charge < -0.3 is 10.0 Å². The van der Waals surface area contributed by atoms with Crippen LogP contribution in [0.3, 0.4) is 0 Å². The first-order valence-corrected chi connectivity index (χ1v) is 4.83. The maximum absolute atomic E-state index is 12.6. The number of rotatable bonds is 3. The van der Waals surface area contributed by atoms with Crippen LogP contribution in [0.5, 0.6) is 0 Å². The summed E-state index contributed by atoms with van der Waals surface area (Å²) in [5, 5.41) is 17.3. The molecule has 92 valence electrons. The highest BCUT2D eigenvalue weighted by molar-refractivity contribution is 5.54. The highest BCUT2D eigenvalue weighted by Crippen LogP contribution is 2.34. The molecule has 1 rings (SSSR count). The number of nitrogens with zero attached hydrogens (tertiary/aromatic N) is 2. The van der Waals surface area contributed by atoms with Gasteiger partial charge in [0.15, 0.2) is 0 Å². The molecule has 0 spiro atoms. The molecule has 0 amide bonds. The number of nitriles is 1. The first kappa shape index (κ1) is 13.3. The number of benzene rings is 1. The Kier molecular flexibility index (Phi) is 3.97. The molecule has 1 aromatic carbocycles. The molecular formula is C11H11F3N2O. The van der Waals surface area contributed by atoms with Gasteiger partial charge in [0.1, 0.15) is 0 Å². The van der Waals surface area contributed by atoms with Gasteiger partial charge >= 0.3 is 6.18 Å². The fraction of sp³-hybridized carbons (Fsp3) is 0.364. The molecule has 0 aliphatic carbocycles. The molecule has 0 radical (unpaired) electrons. The normalized spacial score (nSPS) is 11.1. The van der Waals surface area contributed by atoms with Gasteiger partial charge in [-0.05, 0) is 18.2 Å². The van der Waals surface area contributed by atoms with Gasteiger partial charge in [0.05, 0.1) is 23.8 Å². The van der Waals surface area contributed by atoms with Crippen molar-refractivity contribution in [2.45, 2.75) is 6.18 Å². The van der Waals surface area contributed by atoms with Crippen molar-refractivity contribution in [1.82, 2.24) is 0 Å². The Morgan fingerprint density at radius 2 is 2.06 bits per heavy atom. The molecule has 0 unspecified atom stereocenters. The summed E-state index contributed by atoms with van der Waals surface area (Å²) >= 11 is 0. The Morgan fingerprint density at radius 3 is 2.53 bits per heavy atom. The molecular weight excluding hydrogens is 233 g/mol. The fourth-order valence-corrected chi connectivity index (χ4v) is 1.38. The molecule has 0 atom stereocenters. The summed E-state index contributed by atoms with van der Waals surface area (Å²) in [5.41, 5.74) is -1.05. The summed E-state index contributed by atoms with van der Waals surface area (Å²) < 4.78 is 37.9. The SMILES string of the molecule is CN(CCO)c1ccc(C#N)c(C(F)(F)F)c1. The molecule has 1 N–H and O–H groups in total. The molecule has 0 heterocycles. The first-order chi connectivity index (χ1) is 7.90. The fourth-order valence-electron chi connectivity index (χ4n) is 1.38. The van der Waals surface area contributed by atoms with Crippen LogP contribution in [0.1, 0.15) is 11.1 Å². The molecule has 1 aromatic rings. The molecule has 0 aliphatic heterocycles. The minimum Gasteiger partial charge on any atom is -0.395 e. The quantitative estimate of drug-likeness (QED) is 0.884. The molecule has 17 heavy (non-hydrogen) atoms. The predicted molar refractivity (Wildman–Crippen MR) is 56.5 cm³/mol. The standard InChI is InChI=1S/C11H11F3N2O/c1-16(4-5-17)9-3-2-8(7-15)10(6-9)11(12,13)14/h2-3,6,17H,4-5H2,1H3. The van der Waals surface area contributed by atoms with Gasteiger partial charge in [0.2, 0.25) is 0 Å². The van der Waals surface area contributed by atoms with Gasteiger partial charge in [-0.1, -0.05) is 0 Å². The smallest absolute Gasteiger partial charge is 0.395 e. The van der Waals surface area contributed by atoms with Crippen LogP contribution < -0.4 is 4.90 Å². The Labute approximate surface area is 96.7 Å². The maximum atomic E-state index is 12.6. The molecule has 0 aliphatic rings. The topological polar surface area (TPSA) is 47.3 Å². The summed E-state index contributed by atoms with van der Waals surface area (Å²) in [4.78, 5) is 1.48. The van der Waals surface area contributed by atoms with E-state index >= 15 is 0 Å². The van der Waals surface area contributed by atoms with Gasteiger partial charge in [-0.25, -0.2) is 0 Å². The van der Waals surface area contributed by atoms with Gasteiger partial charge in [-0.3, -0.25) is 0 Å². The number of halogens is 3. The molecule has 3 nitrogen and oxygen atoms in total. The molecule has 0 fully saturated rings. The van der Waals surface area contributed by atoms with Gasteiger partial charge in [0, 0.05) is 19.3 Å². The van der Waals surface area contributed by atoms with Crippen molar-refractivity contribution < 1.29 is 18.3 Å². The zero-order chi connectivity index (χ0) is 13.1. The summed E-state index contributed by atoms with van der Waals surface area (Å²) in [6.45, 7) is 0.0705. The largest absolute Gasteiger partial charge is 0.417 e. The lowest BCUT2D eigenvalue weighted by Gasteiger charge is -2.19. The van der Waals surface area contributed by atoms with Crippen LogP contribution in [-0.2, 0) is 6.18 Å². The lowest BCUT2D eigenvalue weighted by Crippen LogP contribution is -2.22. The summed E-state index contributed by atoms with van der Waals surface area (Å²) in [7, 11) is 1.57. The maximum Gasteiger partial charge on any atom is 0.417 e. The molecule has 0 saturated heterocycles. The highest BCUT2D eigenvalue weighted by Gasteiger charge is 2.34. The Bertz CT molecular complexity index is 437. The van der Waals surface area contributed by atoms with E-state index in [1.807, 2.05) is 0 Å². The van der Waals surface area contributed by atoms with Gasteiger partial charge in [-0.2, -0.15) is 18.4 Å². The number of anilines is 1. The first-order valence-electron chi connectivity index (χ1n) is 4.83. The Morgan fingerprint density at radius 1 is 1.41 bits per heavy atom. The summed E-state index contributed by atoms with van der Waals surface area (Å²) in [6, 6.07) is 4.97. The van der Waals surface area contributed by atoms with Crippen LogP contribution >= 0.6 is 0 Å². The number of hydrogen-bond acceptors (Lipinski definition) is 3. The van der Waals surface area contributed by atoms with Crippen LogP contribution in [0.15, 0.2) is 18.2 Å². The second-order valence-electron chi connectivity index (χ2n) is 3.48. The van der Waals surface area contributed by atoms with E-state index in [0.717, 1.165) is 12.1 Å². The van der Waals surface area contributed by atoms with Crippen molar-refractivity contribution in [3.63, 3.8) is 0 Å². The minimum atomic E-state index is -4.55. The predicted octanol–water partition coefficient (Wildman–Crippen LogP) is 2.01. The molecule has 6 heteroatoms. The third-order valence-corrected chi connectivity index (χ3v) is 2.31. The van der Waals surface area contributed by atoms with E-state index < -0.39 is 17.3 Å². The molecule has 0 aromatic heterocycles. The van der Waals surface area contributed by atoms with Crippen LogP contribution in [0.25, 0.3) is 0 Å². The minimum absolute atomic E-state index is 0.155. The average Bonchev–Trinajstić information content (AvgIpc) is 2.27. The van der Waals surface area contributed by atoms with E-state index in [2.05, 4.69) is 0 Å². The van der Waals surface area contributed by atoms with Crippen molar-refractivity contribution in [1.29, 1.82) is 5.26 Å². The third kappa shape index (κ3) is 3.11. The van der Waals surface area contributed by atoms with Crippen molar-refractivity contribution in [3.8, 4) is 6.07 Å². The molecule has 0 saturated carbocycles. The third-order valence-electron chi connectivity index (χ3n) is 2.31. The molecule has 0 bridgehead atoms. The van der Waals surface area contributed by atoms with Crippen LogP contribution in [-0.4, -0.2) is 25.3 Å². The van der Waals surface area contributed by atoms with E-state index in [4.69, 9.17) is 10.4 Å². The zero-order valence-corrected chi connectivity index (χ0v) is 9.12. The second-order valence-corrected chi connectivity index (χ2v) is 3.48. The van der Waals surface area contributed by atoms with Crippen molar-refractivity contribution in [2.75, 3.05) is 25.1 Å². The van der Waals surface area contributed by atoms with Crippen LogP contribution in [0, 0.1) is 11.3 Å². The van der Waals surface area contributed by atoms with E-state index in [0.29, 0.717) is 5.69 Å². The highest BCUT2D eigenvalue weighted by atomic mass is 19.4. The Hall–Kier alpha value is -1.74. The lowest BCUT2D eigenvalue weighted by atomic mass is 10.1. The number of alkyl halides is 3. The average molecular weight is 244 g/mol. The van der Waals surface area contributed by atoms with Crippen molar-refractivity contribution >= 4 is 5.69 Å². The van der Waals surface area contributed by atoms with E-state index in [1.165, 1.54) is 17.0 Å². The number of hydrogen-bond donors (Lipinski definition) is 1. The van der Waals surface area contributed by atoms with Gasteiger partial charge in [0.25, 0.3) is 0 Å². The van der Waals surface area contributed by atoms with Crippen LogP contribution in [0.2, 0.25) is 0 Å². The monoisotopic (exact) mass is 244 g/mol. The van der Waals surface area contributed by atoms with Crippen molar-refractivity contribution in [3.05, 3.63) is 29.3 Å². The number of aliphatic hydroxyl groups excluding tert-OH is 1. The zero-order valence-electron chi connectivity index (χ0n) is 9.12. The number of likely N-dealkylation sites (N-methyl/N-ethyl adjacent to an activating group) is 1. The van der Waals surface area contributed by atoms with E-state index in [-0.39, 0.29) is 13.2 Å². The van der Waals surface area contributed by atoms with E-state index in [9.17, 15) is 13.2 Å². The van der Waals surface area contributed by atoms with E-state index in [1.54, 1.807) is 7.05 Å². The van der Waals surface area contributed by atoms with Crippen molar-refractivity contribution in [2.24, 2.45) is 0 Å². The summed E-state index contributed by atoms with van der Waals surface area (Å²) in [5.74, 6) is 0. The van der Waals surface area contributed by atoms with Crippen LogP contribution in [0.4, 0.5) is 18.9 Å². The Balaban J connectivity index is 3.19. The number of aliphatic hydroxyl groups is 1. The van der Waals surface area contributed by atoms with Gasteiger partial charge in [-0.15, -0.1) is 0 Å². The second kappa shape index (κ2) is 5.06. The lowest BCUT2D eigenvalue weighted by molar-refractivity contribution is -0.137. The summed E-state index contributed by atoms with van der Waals surface area (Å²) in [6.07, 6.45) is -4.55.